The van der Waals surface area contributed by atoms with Crippen LogP contribution in [-0.2, 0) is 7.05 Å². The van der Waals surface area contributed by atoms with Crippen molar-refractivity contribution in [2.45, 2.75) is 6.42 Å². The highest BCUT2D eigenvalue weighted by atomic mass is 15.1. The normalized spacial score (nSPS) is 10.9. The zero-order valence-corrected chi connectivity index (χ0v) is 9.74. The average molecular weight is 226 g/mol. The first-order valence-electron chi connectivity index (χ1n) is 5.54. The van der Waals surface area contributed by atoms with Crippen molar-refractivity contribution in [2.75, 3.05) is 6.54 Å². The highest BCUT2D eigenvalue weighted by molar-refractivity contribution is 5.82. The van der Waals surface area contributed by atoms with Gasteiger partial charge in [0, 0.05) is 35.6 Å². The number of benzene rings is 1. The first-order chi connectivity index (χ1) is 8.31. The van der Waals surface area contributed by atoms with E-state index in [2.05, 4.69) is 51.1 Å². The molecule has 0 aliphatic heterocycles. The Morgan fingerprint density at radius 3 is 3.12 bits per heavy atom. The molecule has 0 aliphatic rings. The van der Waals surface area contributed by atoms with Gasteiger partial charge < -0.3 is 4.57 Å². The van der Waals surface area contributed by atoms with Gasteiger partial charge >= 0.3 is 0 Å². The number of hydrogen-bond acceptors (Lipinski definition) is 1. The average Bonchev–Trinajstić information content (AvgIpc) is 2.71. The van der Waals surface area contributed by atoms with Crippen LogP contribution in [0, 0.1) is 0 Å². The van der Waals surface area contributed by atoms with Gasteiger partial charge in [-0.15, -0.1) is 0 Å². The fourth-order valence-electron chi connectivity index (χ4n) is 1.80. The molecule has 0 spiro atoms. The van der Waals surface area contributed by atoms with E-state index >= 15 is 0 Å². The van der Waals surface area contributed by atoms with E-state index in [1.54, 1.807) is 0 Å². The van der Waals surface area contributed by atoms with Gasteiger partial charge in [-0.2, -0.15) is 0 Å². The Balaban J connectivity index is 2.11. The summed E-state index contributed by atoms with van der Waals surface area (Å²) in [5, 5.41) is 4.72. The standard InChI is InChI=1S/C13H14N4/c1-17-9-7-12-10-11(5-6-13(12)17)4-2-3-8-15-16-14/h2,4-7,9-10H,3,8H2,1H3. The Kier molecular flexibility index (Phi) is 3.48. The minimum atomic E-state index is 0.514. The van der Waals surface area contributed by atoms with E-state index in [4.69, 9.17) is 5.53 Å². The summed E-state index contributed by atoms with van der Waals surface area (Å²) < 4.78 is 2.10. The molecule has 0 aliphatic carbocycles. The SMILES string of the molecule is Cn1ccc2cc(C=CCCN=[N+]=[N-])ccc21. The third-order valence-corrected chi connectivity index (χ3v) is 2.68. The Bertz CT molecular complexity index is 588. The molecule has 0 saturated heterocycles. The van der Waals surface area contributed by atoms with Gasteiger partial charge in [-0.1, -0.05) is 23.3 Å². The van der Waals surface area contributed by atoms with Crippen molar-refractivity contribution in [2.24, 2.45) is 12.2 Å². The molecule has 0 atom stereocenters. The first kappa shape index (κ1) is 11.3. The maximum absolute atomic E-state index is 8.14. The van der Waals surface area contributed by atoms with Gasteiger partial charge in [-0.3, -0.25) is 0 Å². The molecule has 4 nitrogen and oxygen atoms in total. The van der Waals surface area contributed by atoms with Crippen LogP contribution in [0.4, 0.5) is 0 Å². The summed E-state index contributed by atoms with van der Waals surface area (Å²) in [5.74, 6) is 0. The van der Waals surface area contributed by atoms with Crippen LogP contribution in [0.5, 0.6) is 0 Å². The Labute approximate surface area is 99.8 Å². The zero-order chi connectivity index (χ0) is 12.1. The van der Waals surface area contributed by atoms with Crippen LogP contribution in [0.15, 0.2) is 41.7 Å². The molecule has 2 rings (SSSR count). The smallest absolute Gasteiger partial charge is 0.0478 e. The lowest BCUT2D eigenvalue weighted by atomic mass is 10.1. The van der Waals surface area contributed by atoms with E-state index in [0.717, 1.165) is 6.42 Å². The molecule has 17 heavy (non-hydrogen) atoms. The topological polar surface area (TPSA) is 53.7 Å². The molecule has 4 heteroatoms. The number of aryl methyl sites for hydroxylation is 1. The second-order valence-corrected chi connectivity index (χ2v) is 3.89. The Hall–Kier alpha value is -2.19. The third kappa shape index (κ3) is 2.68. The van der Waals surface area contributed by atoms with Gasteiger partial charge in [0.15, 0.2) is 0 Å². The number of rotatable bonds is 4. The zero-order valence-electron chi connectivity index (χ0n) is 9.74. The minimum absolute atomic E-state index is 0.514. The second kappa shape index (κ2) is 5.23. The lowest BCUT2D eigenvalue weighted by Crippen LogP contribution is -1.83. The largest absolute Gasteiger partial charge is 0.351 e. The Morgan fingerprint density at radius 2 is 2.29 bits per heavy atom. The lowest BCUT2D eigenvalue weighted by molar-refractivity contribution is 0.969. The van der Waals surface area contributed by atoms with Gasteiger partial charge in [0.1, 0.15) is 0 Å². The molecule has 0 N–H and O–H groups in total. The van der Waals surface area contributed by atoms with Crippen LogP contribution < -0.4 is 0 Å². The van der Waals surface area contributed by atoms with E-state index in [-0.39, 0.29) is 0 Å². The quantitative estimate of drug-likeness (QED) is 0.329. The van der Waals surface area contributed by atoms with Crippen molar-refractivity contribution in [1.29, 1.82) is 0 Å². The number of nitrogens with zero attached hydrogens (tertiary/aromatic N) is 4. The molecule has 0 saturated carbocycles. The molecule has 1 heterocycles. The van der Waals surface area contributed by atoms with E-state index in [0.29, 0.717) is 6.54 Å². The molecule has 0 bridgehead atoms. The lowest BCUT2D eigenvalue weighted by Gasteiger charge is -1.97. The fraction of sp³-hybridized carbons (Fsp3) is 0.231. The maximum Gasteiger partial charge on any atom is 0.0478 e. The van der Waals surface area contributed by atoms with Crippen molar-refractivity contribution in [3.63, 3.8) is 0 Å². The fourth-order valence-corrected chi connectivity index (χ4v) is 1.80. The maximum atomic E-state index is 8.14. The summed E-state index contributed by atoms with van der Waals surface area (Å²) in [6.45, 7) is 0.514. The number of aromatic nitrogens is 1. The predicted molar refractivity (Wildman–Crippen MR) is 70.6 cm³/mol. The Morgan fingerprint density at radius 1 is 1.41 bits per heavy atom. The highest BCUT2D eigenvalue weighted by Crippen LogP contribution is 2.17. The number of fused-ring (bicyclic) bond motifs is 1. The molecular weight excluding hydrogens is 212 g/mol. The van der Waals surface area contributed by atoms with Crippen molar-refractivity contribution in [1.82, 2.24) is 4.57 Å². The molecule has 2 aromatic rings. The van der Waals surface area contributed by atoms with Crippen LogP contribution in [-0.4, -0.2) is 11.1 Å². The summed E-state index contributed by atoms with van der Waals surface area (Å²) in [4.78, 5) is 2.71. The summed E-state index contributed by atoms with van der Waals surface area (Å²) in [7, 11) is 2.04. The predicted octanol–water partition coefficient (Wildman–Crippen LogP) is 3.89. The van der Waals surface area contributed by atoms with Gasteiger partial charge in [-0.05, 0) is 35.7 Å². The first-order valence-corrected chi connectivity index (χ1v) is 5.54. The van der Waals surface area contributed by atoms with Crippen LogP contribution in [0.3, 0.4) is 0 Å². The van der Waals surface area contributed by atoms with E-state index < -0.39 is 0 Å². The van der Waals surface area contributed by atoms with Crippen molar-refractivity contribution in [3.05, 3.63) is 52.5 Å². The molecule has 1 aromatic carbocycles. The highest BCUT2D eigenvalue weighted by Gasteiger charge is 1.97. The number of hydrogen-bond donors (Lipinski definition) is 0. The van der Waals surface area contributed by atoms with Crippen LogP contribution in [0.1, 0.15) is 12.0 Å². The minimum Gasteiger partial charge on any atom is -0.351 e. The molecule has 86 valence electrons. The van der Waals surface area contributed by atoms with Crippen LogP contribution >= 0.6 is 0 Å². The van der Waals surface area contributed by atoms with Gasteiger partial charge in [0.05, 0.1) is 0 Å². The monoisotopic (exact) mass is 226 g/mol. The van der Waals surface area contributed by atoms with E-state index in [9.17, 15) is 0 Å². The van der Waals surface area contributed by atoms with E-state index in [1.807, 2.05) is 13.1 Å². The van der Waals surface area contributed by atoms with Crippen molar-refractivity contribution in [3.8, 4) is 0 Å². The van der Waals surface area contributed by atoms with Crippen LogP contribution in [0.2, 0.25) is 0 Å². The van der Waals surface area contributed by atoms with Crippen molar-refractivity contribution < 1.29 is 0 Å². The summed E-state index contributed by atoms with van der Waals surface area (Å²) in [6.07, 6.45) is 6.91. The molecular formula is C13H14N4. The molecule has 0 radical (unpaired) electrons. The van der Waals surface area contributed by atoms with Gasteiger partial charge in [-0.25, -0.2) is 0 Å². The van der Waals surface area contributed by atoms with Gasteiger partial charge in [0.2, 0.25) is 0 Å². The summed E-state index contributed by atoms with van der Waals surface area (Å²) in [6, 6.07) is 8.46. The third-order valence-electron chi connectivity index (χ3n) is 2.68. The molecule has 0 fully saturated rings. The van der Waals surface area contributed by atoms with Gasteiger partial charge in [0.25, 0.3) is 0 Å². The molecule has 1 aromatic heterocycles. The molecule has 0 amide bonds. The van der Waals surface area contributed by atoms with Crippen LogP contribution in [0.25, 0.3) is 27.4 Å². The second-order valence-electron chi connectivity index (χ2n) is 3.89. The summed E-state index contributed by atoms with van der Waals surface area (Å²) >= 11 is 0. The number of azide groups is 1. The summed E-state index contributed by atoms with van der Waals surface area (Å²) in [5.41, 5.74) is 10.5. The molecule has 0 unspecified atom stereocenters. The van der Waals surface area contributed by atoms with Crippen molar-refractivity contribution >= 4 is 17.0 Å². The van der Waals surface area contributed by atoms with E-state index in [1.165, 1.54) is 16.5 Å².